The zero-order chi connectivity index (χ0) is 6.81. The van der Waals surface area contributed by atoms with E-state index >= 15 is 0 Å². The molecule has 0 aromatic carbocycles. The molecule has 2 heteroatoms. The van der Waals surface area contributed by atoms with Crippen molar-refractivity contribution in [3.63, 3.8) is 0 Å². The highest BCUT2D eigenvalue weighted by molar-refractivity contribution is 5.21. The van der Waals surface area contributed by atoms with Gasteiger partial charge in [-0.1, -0.05) is 12.2 Å². The second kappa shape index (κ2) is 2.46. The zero-order valence-electron chi connectivity index (χ0n) is 5.71. The molecule has 1 aliphatic carbocycles. The second-order valence-electron chi connectivity index (χ2n) is 2.48. The van der Waals surface area contributed by atoms with Crippen LogP contribution in [0.4, 0.5) is 0 Å². The number of hydrogen-bond donors (Lipinski definition) is 1. The highest BCUT2D eigenvalue weighted by atomic mass is 16.5. The third-order valence-electron chi connectivity index (χ3n) is 1.78. The summed E-state index contributed by atoms with van der Waals surface area (Å²) < 4.78 is 5.30. The first-order valence-corrected chi connectivity index (χ1v) is 3.55. The second-order valence-corrected chi connectivity index (χ2v) is 2.48. The van der Waals surface area contributed by atoms with Crippen LogP contribution >= 0.6 is 0 Å². The summed E-state index contributed by atoms with van der Waals surface area (Å²) in [5.74, 6) is 1.05. The molecule has 1 N–H and O–H groups in total. The fraction of sp³-hybridized carbons (Fsp3) is 0.375. The van der Waals surface area contributed by atoms with Gasteiger partial charge in [-0.15, -0.1) is 0 Å². The molecule has 0 amide bonds. The average Bonchev–Trinajstić information content (AvgIpc) is 2.05. The Balaban J connectivity index is 2.14. The molecule has 10 heavy (non-hydrogen) atoms. The maximum absolute atomic E-state index is 5.30. The summed E-state index contributed by atoms with van der Waals surface area (Å²) in [5, 5.41) is 3.32. The lowest BCUT2D eigenvalue weighted by Gasteiger charge is -2.27. The Kier molecular flexibility index (Phi) is 1.47. The molecule has 0 saturated carbocycles. The van der Waals surface area contributed by atoms with Crippen LogP contribution in [0.1, 0.15) is 6.42 Å². The van der Waals surface area contributed by atoms with Crippen LogP contribution < -0.4 is 5.32 Å². The summed E-state index contributed by atoms with van der Waals surface area (Å²) in [5.41, 5.74) is 0. The lowest BCUT2D eigenvalue weighted by molar-refractivity contribution is 0.206. The van der Waals surface area contributed by atoms with E-state index in [-0.39, 0.29) is 0 Å². The molecule has 2 aliphatic rings. The third-order valence-corrected chi connectivity index (χ3v) is 1.78. The van der Waals surface area contributed by atoms with Gasteiger partial charge in [-0.25, -0.2) is 0 Å². The summed E-state index contributed by atoms with van der Waals surface area (Å²) in [6.07, 6.45) is 7.25. The fourth-order valence-corrected chi connectivity index (χ4v) is 1.24. The summed E-state index contributed by atoms with van der Waals surface area (Å²) in [6.45, 7) is 2.65. The van der Waals surface area contributed by atoms with Gasteiger partial charge in [0.05, 0.1) is 6.04 Å². The molecule has 1 fully saturated rings. The first-order chi connectivity index (χ1) is 4.97. The van der Waals surface area contributed by atoms with Crippen LogP contribution in [0.2, 0.25) is 0 Å². The Bertz CT molecular complexity index is 184. The van der Waals surface area contributed by atoms with Crippen LogP contribution in [0, 0.1) is 6.61 Å². The number of nitrogens with one attached hydrogen (secondary N) is 1. The van der Waals surface area contributed by atoms with E-state index < -0.39 is 0 Å². The van der Waals surface area contributed by atoms with E-state index in [1.54, 1.807) is 6.61 Å². The highest BCUT2D eigenvalue weighted by Crippen LogP contribution is 2.17. The van der Waals surface area contributed by atoms with Crippen molar-refractivity contribution in [1.82, 2.24) is 5.32 Å². The Morgan fingerprint density at radius 3 is 3.50 bits per heavy atom. The van der Waals surface area contributed by atoms with E-state index in [9.17, 15) is 0 Å². The van der Waals surface area contributed by atoms with Gasteiger partial charge in [0, 0.05) is 6.54 Å². The standard InChI is InChI=1S/C8H10NO/c1-2-4-8-7(3-1)9-5-6-10-8/h1-2,4,6-7,9H,3,5H2. The van der Waals surface area contributed by atoms with Crippen molar-refractivity contribution in [2.24, 2.45) is 0 Å². The van der Waals surface area contributed by atoms with E-state index in [4.69, 9.17) is 4.74 Å². The Morgan fingerprint density at radius 2 is 2.60 bits per heavy atom. The van der Waals surface area contributed by atoms with Crippen LogP contribution in [0.5, 0.6) is 0 Å². The summed E-state index contributed by atoms with van der Waals surface area (Å²) in [7, 11) is 0. The van der Waals surface area contributed by atoms with E-state index in [0.29, 0.717) is 6.04 Å². The smallest absolute Gasteiger partial charge is 0.149 e. The minimum Gasteiger partial charge on any atom is -0.488 e. The molecule has 2 rings (SSSR count). The Labute approximate surface area is 60.6 Å². The fourth-order valence-electron chi connectivity index (χ4n) is 1.24. The van der Waals surface area contributed by atoms with Gasteiger partial charge in [0.1, 0.15) is 12.4 Å². The number of rotatable bonds is 0. The molecule has 53 valence electrons. The van der Waals surface area contributed by atoms with Crippen LogP contribution in [-0.4, -0.2) is 12.6 Å². The lowest BCUT2D eigenvalue weighted by Crippen LogP contribution is -2.37. The van der Waals surface area contributed by atoms with Crippen LogP contribution in [0.3, 0.4) is 0 Å². The average molecular weight is 136 g/mol. The third kappa shape index (κ3) is 0.948. The first kappa shape index (κ1) is 5.98. The molecule has 1 heterocycles. The van der Waals surface area contributed by atoms with Crippen molar-refractivity contribution in [2.75, 3.05) is 6.54 Å². The van der Waals surface area contributed by atoms with Crippen molar-refractivity contribution in [3.8, 4) is 0 Å². The van der Waals surface area contributed by atoms with Gasteiger partial charge in [-0.2, -0.15) is 0 Å². The van der Waals surface area contributed by atoms with Crippen LogP contribution in [0.15, 0.2) is 24.0 Å². The van der Waals surface area contributed by atoms with Crippen molar-refractivity contribution >= 4 is 0 Å². The minimum atomic E-state index is 0.426. The maximum atomic E-state index is 5.30. The molecule has 2 nitrogen and oxygen atoms in total. The number of morpholine rings is 1. The largest absolute Gasteiger partial charge is 0.488 e. The Hall–Kier alpha value is -0.760. The normalized spacial score (nSPS) is 30.4. The van der Waals surface area contributed by atoms with E-state index in [1.165, 1.54) is 0 Å². The maximum Gasteiger partial charge on any atom is 0.149 e. The zero-order valence-corrected chi connectivity index (χ0v) is 5.71. The van der Waals surface area contributed by atoms with Gasteiger partial charge in [0.25, 0.3) is 0 Å². The number of allylic oxidation sites excluding steroid dienone is 2. The van der Waals surface area contributed by atoms with Crippen molar-refractivity contribution < 1.29 is 4.74 Å². The molecular weight excluding hydrogens is 126 g/mol. The van der Waals surface area contributed by atoms with Gasteiger partial charge in [0.15, 0.2) is 0 Å². The predicted molar refractivity (Wildman–Crippen MR) is 39.0 cm³/mol. The molecule has 1 unspecified atom stereocenters. The number of ether oxygens (including phenoxy) is 1. The molecule has 0 aromatic rings. The number of hydrogen-bond acceptors (Lipinski definition) is 2. The molecule has 0 aromatic heterocycles. The molecule has 1 aliphatic heterocycles. The molecule has 1 atom stereocenters. The molecule has 0 spiro atoms. The Morgan fingerprint density at radius 1 is 1.60 bits per heavy atom. The highest BCUT2D eigenvalue weighted by Gasteiger charge is 2.19. The van der Waals surface area contributed by atoms with Crippen LogP contribution in [-0.2, 0) is 4.74 Å². The lowest BCUT2D eigenvalue weighted by atomic mass is 10.1. The van der Waals surface area contributed by atoms with E-state index in [1.807, 2.05) is 12.2 Å². The van der Waals surface area contributed by atoms with Gasteiger partial charge in [-0.3, -0.25) is 0 Å². The van der Waals surface area contributed by atoms with Gasteiger partial charge < -0.3 is 10.1 Å². The SMILES string of the molecule is [CH]1CNC2CC=CC=C2O1. The molecular formula is C8H10NO. The number of fused-ring (bicyclic) bond motifs is 1. The quantitative estimate of drug-likeness (QED) is 0.536. The molecule has 0 bridgehead atoms. The van der Waals surface area contributed by atoms with Gasteiger partial charge in [-0.05, 0) is 12.5 Å². The topological polar surface area (TPSA) is 21.3 Å². The predicted octanol–water partition coefficient (Wildman–Crippen LogP) is 0.980. The summed E-state index contributed by atoms with van der Waals surface area (Å²) in [6, 6.07) is 0.426. The first-order valence-electron chi connectivity index (χ1n) is 3.55. The molecule has 1 saturated heterocycles. The summed E-state index contributed by atoms with van der Waals surface area (Å²) >= 11 is 0. The van der Waals surface area contributed by atoms with E-state index in [0.717, 1.165) is 18.7 Å². The monoisotopic (exact) mass is 136 g/mol. The van der Waals surface area contributed by atoms with Crippen molar-refractivity contribution in [1.29, 1.82) is 0 Å². The van der Waals surface area contributed by atoms with Crippen LogP contribution in [0.25, 0.3) is 0 Å². The molecule has 1 radical (unpaired) electrons. The van der Waals surface area contributed by atoms with Crippen molar-refractivity contribution in [3.05, 3.63) is 30.6 Å². The minimum absolute atomic E-state index is 0.426. The van der Waals surface area contributed by atoms with Gasteiger partial charge >= 0.3 is 0 Å². The summed E-state index contributed by atoms with van der Waals surface area (Å²) in [4.78, 5) is 0. The van der Waals surface area contributed by atoms with E-state index in [2.05, 4.69) is 11.4 Å². The van der Waals surface area contributed by atoms with Crippen molar-refractivity contribution in [2.45, 2.75) is 12.5 Å². The van der Waals surface area contributed by atoms with Gasteiger partial charge in [0.2, 0.25) is 0 Å².